The van der Waals surface area contributed by atoms with Crippen molar-refractivity contribution in [3.63, 3.8) is 0 Å². The van der Waals surface area contributed by atoms with Crippen molar-refractivity contribution in [3.05, 3.63) is 28.7 Å². The van der Waals surface area contributed by atoms with Crippen molar-refractivity contribution in [1.82, 2.24) is 5.32 Å². The van der Waals surface area contributed by atoms with Crippen molar-refractivity contribution < 1.29 is 9.47 Å². The Morgan fingerprint density at radius 2 is 2.39 bits per heavy atom. The summed E-state index contributed by atoms with van der Waals surface area (Å²) in [4.78, 5) is 0. The number of benzene rings is 1. The molecule has 18 heavy (non-hydrogen) atoms. The summed E-state index contributed by atoms with van der Waals surface area (Å²) in [6, 6.07) is 7.90. The fourth-order valence-electron chi connectivity index (χ4n) is 2.13. The molecule has 0 bridgehead atoms. The van der Waals surface area contributed by atoms with Crippen molar-refractivity contribution in [1.29, 1.82) is 0 Å². The number of halogens is 1. The van der Waals surface area contributed by atoms with E-state index < -0.39 is 0 Å². The molecule has 1 aliphatic heterocycles. The molecule has 0 amide bonds. The first-order valence-corrected chi connectivity index (χ1v) is 7.20. The summed E-state index contributed by atoms with van der Waals surface area (Å²) in [5.41, 5.74) is 0.0236. The highest BCUT2D eigenvalue weighted by molar-refractivity contribution is 9.10. The van der Waals surface area contributed by atoms with E-state index in [1.807, 2.05) is 24.3 Å². The first-order valence-electron chi connectivity index (χ1n) is 6.41. The number of rotatable bonds is 6. The normalized spacial score (nSPS) is 23.2. The van der Waals surface area contributed by atoms with Gasteiger partial charge in [0.1, 0.15) is 12.4 Å². The zero-order valence-corrected chi connectivity index (χ0v) is 12.3. The number of nitrogens with one attached hydrogen (secondary N) is 1. The minimum Gasteiger partial charge on any atom is -0.492 e. The maximum atomic E-state index is 5.71. The fraction of sp³-hybridized carbons (Fsp3) is 0.571. The molecule has 100 valence electrons. The Bertz CT molecular complexity index is 378. The summed E-state index contributed by atoms with van der Waals surface area (Å²) >= 11 is 3.42. The molecule has 0 spiro atoms. The third-order valence-corrected chi connectivity index (χ3v) is 3.64. The van der Waals surface area contributed by atoms with Gasteiger partial charge >= 0.3 is 0 Å². The summed E-state index contributed by atoms with van der Waals surface area (Å²) in [7, 11) is 0. The van der Waals surface area contributed by atoms with Gasteiger partial charge in [-0.2, -0.15) is 0 Å². The maximum Gasteiger partial charge on any atom is 0.120 e. The highest BCUT2D eigenvalue weighted by Gasteiger charge is 2.28. The summed E-state index contributed by atoms with van der Waals surface area (Å²) in [6.45, 7) is 5.47. The van der Waals surface area contributed by atoms with Gasteiger partial charge in [0.05, 0.1) is 5.60 Å². The van der Waals surface area contributed by atoms with Crippen LogP contribution in [-0.2, 0) is 4.74 Å². The fourth-order valence-corrected chi connectivity index (χ4v) is 2.51. The van der Waals surface area contributed by atoms with Crippen LogP contribution in [0.3, 0.4) is 0 Å². The molecular weight excluding hydrogens is 294 g/mol. The Morgan fingerprint density at radius 3 is 3.11 bits per heavy atom. The van der Waals surface area contributed by atoms with Crippen molar-refractivity contribution in [2.75, 3.05) is 26.3 Å². The van der Waals surface area contributed by atoms with Crippen LogP contribution < -0.4 is 10.1 Å². The molecule has 1 saturated heterocycles. The van der Waals surface area contributed by atoms with E-state index in [2.05, 4.69) is 28.2 Å². The largest absolute Gasteiger partial charge is 0.492 e. The van der Waals surface area contributed by atoms with Gasteiger partial charge in [-0.1, -0.05) is 22.0 Å². The van der Waals surface area contributed by atoms with Crippen molar-refractivity contribution in [2.45, 2.75) is 25.4 Å². The van der Waals surface area contributed by atoms with Crippen LogP contribution in [0.4, 0.5) is 0 Å². The van der Waals surface area contributed by atoms with Gasteiger partial charge in [-0.3, -0.25) is 0 Å². The predicted molar refractivity (Wildman–Crippen MR) is 76.1 cm³/mol. The summed E-state index contributed by atoms with van der Waals surface area (Å²) in [5, 5.41) is 3.39. The van der Waals surface area contributed by atoms with Crippen LogP contribution in [-0.4, -0.2) is 31.9 Å². The molecule has 1 aromatic rings. The van der Waals surface area contributed by atoms with Gasteiger partial charge in [0, 0.05) is 24.2 Å². The smallest absolute Gasteiger partial charge is 0.120 e. The van der Waals surface area contributed by atoms with Crippen LogP contribution in [0.15, 0.2) is 28.7 Å². The summed E-state index contributed by atoms with van der Waals surface area (Å²) in [5.74, 6) is 0.898. The molecule has 0 aromatic heterocycles. The lowest BCUT2D eigenvalue weighted by molar-refractivity contribution is 0.0205. The zero-order chi connectivity index (χ0) is 12.8. The van der Waals surface area contributed by atoms with E-state index in [0.717, 1.165) is 36.3 Å². The maximum absolute atomic E-state index is 5.71. The third-order valence-electron chi connectivity index (χ3n) is 3.14. The quantitative estimate of drug-likeness (QED) is 0.819. The molecule has 1 fully saturated rings. The average Bonchev–Trinajstić information content (AvgIpc) is 2.76. The van der Waals surface area contributed by atoms with E-state index in [4.69, 9.17) is 9.47 Å². The Kier molecular flexibility index (Phi) is 5.03. The summed E-state index contributed by atoms with van der Waals surface area (Å²) in [6.07, 6.45) is 2.32. The molecule has 0 aliphatic carbocycles. The van der Waals surface area contributed by atoms with Gasteiger partial charge in [-0.15, -0.1) is 0 Å². The molecule has 1 N–H and O–H groups in total. The van der Waals surface area contributed by atoms with Crippen molar-refractivity contribution in [2.24, 2.45) is 0 Å². The zero-order valence-electron chi connectivity index (χ0n) is 10.7. The molecule has 1 unspecified atom stereocenters. The van der Waals surface area contributed by atoms with Gasteiger partial charge in [0.25, 0.3) is 0 Å². The van der Waals surface area contributed by atoms with E-state index in [9.17, 15) is 0 Å². The SMILES string of the molecule is CC1(CNCCOc2cccc(Br)c2)CCCO1. The van der Waals surface area contributed by atoms with Gasteiger partial charge in [-0.05, 0) is 38.0 Å². The third kappa shape index (κ3) is 4.26. The van der Waals surface area contributed by atoms with Crippen LogP contribution in [0, 0.1) is 0 Å². The first kappa shape index (κ1) is 13.8. The van der Waals surface area contributed by atoms with E-state index in [1.54, 1.807) is 0 Å². The van der Waals surface area contributed by atoms with E-state index in [0.29, 0.717) is 6.61 Å². The highest BCUT2D eigenvalue weighted by Crippen LogP contribution is 2.23. The minimum atomic E-state index is 0.0236. The van der Waals surface area contributed by atoms with Crippen LogP contribution >= 0.6 is 15.9 Å². The predicted octanol–water partition coefficient (Wildman–Crippen LogP) is 2.99. The Labute approximate surface area is 117 Å². The van der Waals surface area contributed by atoms with Crippen LogP contribution in [0.5, 0.6) is 5.75 Å². The number of hydrogen-bond donors (Lipinski definition) is 1. The van der Waals surface area contributed by atoms with Gasteiger partial charge in [-0.25, -0.2) is 0 Å². The molecular formula is C14H20BrNO2. The Balaban J connectivity index is 1.61. The molecule has 2 rings (SSSR count). The van der Waals surface area contributed by atoms with Crippen LogP contribution in [0.1, 0.15) is 19.8 Å². The van der Waals surface area contributed by atoms with E-state index in [-0.39, 0.29) is 5.60 Å². The lowest BCUT2D eigenvalue weighted by atomic mass is 10.0. The van der Waals surface area contributed by atoms with Crippen LogP contribution in [0.25, 0.3) is 0 Å². The summed E-state index contributed by atoms with van der Waals surface area (Å²) < 4.78 is 12.4. The monoisotopic (exact) mass is 313 g/mol. The first-order chi connectivity index (χ1) is 8.68. The van der Waals surface area contributed by atoms with Gasteiger partial charge in [0.15, 0.2) is 0 Å². The standard InChI is InChI=1S/C14H20BrNO2/c1-14(6-3-8-18-14)11-16-7-9-17-13-5-2-4-12(15)10-13/h2,4-5,10,16H,3,6-9,11H2,1H3. The molecule has 1 aromatic carbocycles. The molecule has 1 aliphatic rings. The molecule has 1 atom stereocenters. The van der Waals surface area contributed by atoms with E-state index >= 15 is 0 Å². The van der Waals surface area contributed by atoms with Crippen molar-refractivity contribution >= 4 is 15.9 Å². The van der Waals surface area contributed by atoms with Crippen molar-refractivity contribution in [3.8, 4) is 5.75 Å². The lowest BCUT2D eigenvalue weighted by Gasteiger charge is -2.23. The Morgan fingerprint density at radius 1 is 1.50 bits per heavy atom. The average molecular weight is 314 g/mol. The molecule has 0 radical (unpaired) electrons. The number of hydrogen-bond acceptors (Lipinski definition) is 3. The lowest BCUT2D eigenvalue weighted by Crippen LogP contribution is -2.38. The van der Waals surface area contributed by atoms with Gasteiger partial charge < -0.3 is 14.8 Å². The second kappa shape index (κ2) is 6.55. The second-order valence-corrected chi connectivity index (χ2v) is 5.80. The molecule has 1 heterocycles. The molecule has 3 nitrogen and oxygen atoms in total. The minimum absolute atomic E-state index is 0.0236. The Hall–Kier alpha value is -0.580. The topological polar surface area (TPSA) is 30.5 Å². The number of ether oxygens (including phenoxy) is 2. The second-order valence-electron chi connectivity index (χ2n) is 4.88. The van der Waals surface area contributed by atoms with E-state index in [1.165, 1.54) is 6.42 Å². The van der Waals surface area contributed by atoms with Gasteiger partial charge in [0.2, 0.25) is 0 Å². The highest BCUT2D eigenvalue weighted by atomic mass is 79.9. The van der Waals surface area contributed by atoms with Crippen LogP contribution in [0.2, 0.25) is 0 Å². The molecule has 4 heteroatoms. The molecule has 0 saturated carbocycles.